The van der Waals surface area contributed by atoms with Crippen LogP contribution in [0.2, 0.25) is 0 Å². The summed E-state index contributed by atoms with van der Waals surface area (Å²) in [6.45, 7) is 8.36. The maximum Gasteiger partial charge on any atom is 0.328 e. The van der Waals surface area contributed by atoms with Crippen LogP contribution in [0.25, 0.3) is 23.0 Å². The number of imidazole rings is 1. The average molecular weight is 621 g/mol. The fraction of sp³-hybridized carbons (Fsp3) is 0.355. The van der Waals surface area contributed by atoms with E-state index in [-0.39, 0.29) is 16.3 Å². The van der Waals surface area contributed by atoms with Crippen molar-refractivity contribution in [1.82, 2.24) is 28.8 Å². The smallest absolute Gasteiger partial charge is 0.328 e. The molecule has 12 nitrogen and oxygen atoms in total. The second-order valence-corrected chi connectivity index (χ2v) is 12.5. The van der Waals surface area contributed by atoms with Gasteiger partial charge < -0.3 is 14.8 Å². The number of aliphatic carboxylic acids is 1. The number of nitrogens with one attached hydrogen (secondary N) is 1. The molecule has 44 heavy (non-hydrogen) atoms. The molecular formula is C31H36N6O6S. The molecule has 0 amide bonds. The molecular weight excluding hydrogens is 584 g/mol. The van der Waals surface area contributed by atoms with E-state index in [1.807, 2.05) is 38.1 Å². The van der Waals surface area contributed by atoms with E-state index < -0.39 is 16.0 Å². The van der Waals surface area contributed by atoms with Gasteiger partial charge in [0.1, 0.15) is 11.6 Å². The molecule has 1 aliphatic rings. The summed E-state index contributed by atoms with van der Waals surface area (Å²) in [6, 6.07) is 12.2. The van der Waals surface area contributed by atoms with Crippen molar-refractivity contribution in [3.05, 3.63) is 81.5 Å². The average Bonchev–Trinajstić information content (AvgIpc) is 3.32. The van der Waals surface area contributed by atoms with Crippen LogP contribution in [0.1, 0.15) is 42.9 Å². The molecule has 0 atom stereocenters. The number of piperazine rings is 1. The van der Waals surface area contributed by atoms with Crippen molar-refractivity contribution in [2.75, 3.05) is 32.8 Å². The predicted molar refractivity (Wildman–Crippen MR) is 166 cm³/mol. The summed E-state index contributed by atoms with van der Waals surface area (Å²) in [4.78, 5) is 33.4. The summed E-state index contributed by atoms with van der Waals surface area (Å²) >= 11 is 0. The Morgan fingerprint density at radius 2 is 1.82 bits per heavy atom. The monoisotopic (exact) mass is 620 g/mol. The summed E-state index contributed by atoms with van der Waals surface area (Å²) in [5.74, 6) is 0.282. The number of hydrogen-bond donors (Lipinski definition) is 2. The van der Waals surface area contributed by atoms with Crippen LogP contribution in [0.4, 0.5) is 0 Å². The van der Waals surface area contributed by atoms with Crippen LogP contribution in [0.15, 0.2) is 58.2 Å². The Bertz CT molecular complexity index is 1860. The summed E-state index contributed by atoms with van der Waals surface area (Å²) < 4.78 is 36.4. The second kappa shape index (κ2) is 13.1. The molecule has 2 N–H and O–H groups in total. The van der Waals surface area contributed by atoms with Gasteiger partial charge in [-0.25, -0.2) is 22.7 Å². The molecule has 0 aliphatic carbocycles. The first-order valence-corrected chi connectivity index (χ1v) is 16.0. The summed E-state index contributed by atoms with van der Waals surface area (Å²) in [7, 11) is -3.85. The van der Waals surface area contributed by atoms with Crippen LogP contribution in [-0.4, -0.2) is 81.1 Å². The number of carboxylic acids is 1. The lowest BCUT2D eigenvalue weighted by molar-refractivity contribution is -0.131. The zero-order valence-corrected chi connectivity index (χ0v) is 25.8. The van der Waals surface area contributed by atoms with Crippen LogP contribution in [0.5, 0.6) is 5.75 Å². The number of H-pyrrole nitrogens is 1. The minimum absolute atomic E-state index is 0.0905. The van der Waals surface area contributed by atoms with Gasteiger partial charge in [-0.15, -0.1) is 5.10 Å². The van der Waals surface area contributed by atoms with Crippen molar-refractivity contribution in [2.24, 2.45) is 0 Å². The summed E-state index contributed by atoms with van der Waals surface area (Å²) in [5, 5.41) is 13.5. The topological polar surface area (TPSA) is 150 Å². The van der Waals surface area contributed by atoms with Crippen LogP contribution in [0.3, 0.4) is 0 Å². The summed E-state index contributed by atoms with van der Waals surface area (Å²) in [5.41, 5.74) is 2.81. The molecule has 4 aromatic rings. The Morgan fingerprint density at radius 3 is 2.48 bits per heavy atom. The van der Waals surface area contributed by atoms with Crippen molar-refractivity contribution in [1.29, 1.82) is 0 Å². The molecule has 3 heterocycles. The maximum absolute atomic E-state index is 13.8. The number of benzene rings is 2. The Kier molecular flexibility index (Phi) is 9.28. The second-order valence-electron chi connectivity index (χ2n) is 10.6. The largest absolute Gasteiger partial charge is 0.493 e. The molecule has 0 radical (unpaired) electrons. The Labute approximate surface area is 255 Å². The van der Waals surface area contributed by atoms with Gasteiger partial charge in [-0.2, -0.15) is 4.31 Å². The third-order valence-corrected chi connectivity index (χ3v) is 9.39. The number of sulfonamides is 1. The van der Waals surface area contributed by atoms with Gasteiger partial charge in [0.2, 0.25) is 10.0 Å². The third kappa shape index (κ3) is 6.59. The fourth-order valence-electron chi connectivity index (χ4n) is 5.32. The molecule has 2 aromatic heterocycles. The molecule has 1 aliphatic heterocycles. The predicted octanol–water partition coefficient (Wildman–Crippen LogP) is 3.35. The highest BCUT2D eigenvalue weighted by molar-refractivity contribution is 7.89. The minimum Gasteiger partial charge on any atom is -0.493 e. The number of nitrogens with zero attached hydrogens (tertiary/aromatic N) is 5. The van der Waals surface area contributed by atoms with Gasteiger partial charge >= 0.3 is 5.97 Å². The number of carbonyl (C=O) groups is 1. The van der Waals surface area contributed by atoms with Crippen molar-refractivity contribution in [2.45, 2.75) is 45.1 Å². The molecule has 13 heteroatoms. The first kappa shape index (κ1) is 31.1. The molecule has 1 saturated heterocycles. The maximum atomic E-state index is 13.8. The molecule has 0 bridgehead atoms. The highest BCUT2D eigenvalue weighted by Gasteiger charge is 2.30. The molecule has 5 rings (SSSR count). The van der Waals surface area contributed by atoms with E-state index in [0.29, 0.717) is 74.1 Å². The number of aromatic amines is 1. The number of hydrogen-bond acceptors (Lipinski definition) is 8. The number of aryl methyl sites for hydroxylation is 2. The van der Waals surface area contributed by atoms with Gasteiger partial charge in [0.25, 0.3) is 5.56 Å². The van der Waals surface area contributed by atoms with E-state index in [9.17, 15) is 18.0 Å². The fourth-order valence-corrected chi connectivity index (χ4v) is 6.76. The van der Waals surface area contributed by atoms with Crippen molar-refractivity contribution in [3.8, 4) is 17.1 Å². The highest BCUT2D eigenvalue weighted by atomic mass is 32.2. The van der Waals surface area contributed by atoms with E-state index in [1.54, 1.807) is 17.5 Å². The van der Waals surface area contributed by atoms with Crippen molar-refractivity contribution >= 4 is 27.6 Å². The quantitative estimate of drug-likeness (QED) is 0.241. The highest BCUT2D eigenvalue weighted by Crippen LogP contribution is 2.32. The van der Waals surface area contributed by atoms with Crippen molar-refractivity contribution in [3.63, 3.8) is 0 Å². The van der Waals surface area contributed by atoms with E-state index in [2.05, 4.69) is 20.0 Å². The van der Waals surface area contributed by atoms with E-state index in [4.69, 9.17) is 9.84 Å². The Morgan fingerprint density at radius 1 is 1.09 bits per heavy atom. The first-order valence-electron chi connectivity index (χ1n) is 14.6. The lowest BCUT2D eigenvalue weighted by atomic mass is 10.1. The molecule has 0 spiro atoms. The lowest BCUT2D eigenvalue weighted by Crippen LogP contribution is -2.48. The Hall–Kier alpha value is -4.33. The zero-order valence-electron chi connectivity index (χ0n) is 25.0. The van der Waals surface area contributed by atoms with Gasteiger partial charge in [-0.05, 0) is 55.7 Å². The van der Waals surface area contributed by atoms with Gasteiger partial charge in [-0.3, -0.25) is 9.69 Å². The van der Waals surface area contributed by atoms with Gasteiger partial charge in [0, 0.05) is 45.2 Å². The Balaban J connectivity index is 1.36. The molecule has 1 fully saturated rings. The number of ether oxygens (including phenoxy) is 1. The molecule has 0 saturated carbocycles. The van der Waals surface area contributed by atoms with Crippen LogP contribution < -0.4 is 10.3 Å². The van der Waals surface area contributed by atoms with E-state index >= 15 is 0 Å². The van der Waals surface area contributed by atoms with Crippen LogP contribution in [-0.2, 0) is 27.8 Å². The van der Waals surface area contributed by atoms with Crippen LogP contribution in [0, 0.1) is 6.92 Å². The van der Waals surface area contributed by atoms with E-state index in [1.165, 1.54) is 22.5 Å². The SMILES string of the molecule is CCCc1nc(C)c2c(=O)[nH]c(-c3cc(S(=O)(=O)N4CCN(Cc5ccc(/C=C/C(=O)O)cc5)CC4)ccc3OCC)nn12. The number of rotatable bonds is 11. The summed E-state index contributed by atoms with van der Waals surface area (Å²) in [6.07, 6.45) is 4.10. The third-order valence-electron chi connectivity index (χ3n) is 7.50. The molecule has 232 valence electrons. The minimum atomic E-state index is -3.85. The standard InChI is InChI=1S/C31H36N6O6S/c1-4-6-27-32-21(3)29-31(40)33-30(34-37(27)29)25-19-24(12-13-26(25)43-5-2)44(41,42)36-17-15-35(16-18-36)20-23-9-7-22(8-10-23)11-14-28(38)39/h7-14,19H,4-6,15-18,20H2,1-3H3,(H,38,39)(H,33,34,40)/b14-11+. The van der Waals surface area contributed by atoms with Gasteiger partial charge in [0.15, 0.2) is 11.3 Å². The van der Waals surface area contributed by atoms with Gasteiger partial charge in [-0.1, -0.05) is 31.2 Å². The zero-order chi connectivity index (χ0) is 31.4. The first-order chi connectivity index (χ1) is 21.1. The van der Waals surface area contributed by atoms with Crippen molar-refractivity contribution < 1.29 is 23.1 Å². The van der Waals surface area contributed by atoms with E-state index in [0.717, 1.165) is 23.6 Å². The van der Waals surface area contributed by atoms with Crippen LogP contribution >= 0.6 is 0 Å². The molecule has 0 unspecified atom stereocenters. The molecule has 2 aromatic carbocycles. The normalized spacial score (nSPS) is 14.9. The number of aromatic nitrogens is 4. The van der Waals surface area contributed by atoms with Gasteiger partial charge in [0.05, 0.1) is 22.8 Å². The number of carboxylic acid groups (broad SMARTS) is 1. The number of fused-ring (bicyclic) bond motifs is 1. The lowest BCUT2D eigenvalue weighted by Gasteiger charge is -2.34.